The molecule has 0 radical (unpaired) electrons. The molecule has 2 aromatic carbocycles. The molecule has 0 fully saturated rings. The van der Waals surface area contributed by atoms with Crippen LogP contribution >= 0.6 is 11.6 Å². The quantitative estimate of drug-likeness (QED) is 0.261. The minimum atomic E-state index is -4.84. The largest absolute Gasteiger partial charge is 0.573 e. The lowest BCUT2D eigenvalue weighted by molar-refractivity contribution is -0.384. The van der Waals surface area contributed by atoms with E-state index in [1.54, 1.807) is 0 Å². The molecule has 0 spiro atoms. The number of rotatable bonds is 7. The molecule has 178 valence electrons. The Hall–Kier alpha value is -3.86. The van der Waals surface area contributed by atoms with Crippen LogP contribution in [0.15, 0.2) is 65.6 Å². The van der Waals surface area contributed by atoms with Crippen molar-refractivity contribution in [2.45, 2.75) is 18.8 Å². The minimum Gasteiger partial charge on any atom is -0.467 e. The summed E-state index contributed by atoms with van der Waals surface area (Å²) in [5, 5.41) is 11.6. The van der Waals surface area contributed by atoms with Gasteiger partial charge in [-0.05, 0) is 41.5 Å². The molecule has 3 rings (SSSR count). The summed E-state index contributed by atoms with van der Waals surface area (Å²) in [6.45, 7) is 0. The first kappa shape index (κ1) is 24.8. The molecule has 0 bridgehead atoms. The van der Waals surface area contributed by atoms with Crippen molar-refractivity contribution in [3.8, 4) is 16.9 Å². The van der Waals surface area contributed by atoms with Gasteiger partial charge in [-0.1, -0.05) is 23.7 Å². The zero-order chi connectivity index (χ0) is 25.0. The Morgan fingerprint density at radius 1 is 1.15 bits per heavy atom. The summed E-state index contributed by atoms with van der Waals surface area (Å²) in [5.41, 5.74) is -0.137. The zero-order valence-corrected chi connectivity index (χ0v) is 18.2. The molecule has 34 heavy (non-hydrogen) atoms. The first-order chi connectivity index (χ1) is 16.0. The molecular formula is C22H16ClF3N2O6. The summed E-state index contributed by atoms with van der Waals surface area (Å²) < 4.78 is 46.7. The van der Waals surface area contributed by atoms with Crippen LogP contribution in [0.25, 0.3) is 11.1 Å². The number of alkyl halides is 3. The van der Waals surface area contributed by atoms with E-state index in [-0.39, 0.29) is 28.3 Å². The molecule has 0 aliphatic heterocycles. The van der Waals surface area contributed by atoms with Crippen LogP contribution in [0.3, 0.4) is 0 Å². The highest BCUT2D eigenvalue weighted by molar-refractivity contribution is 6.31. The summed E-state index contributed by atoms with van der Waals surface area (Å²) in [6, 6.07) is 10.1. The lowest BCUT2D eigenvalue weighted by Crippen LogP contribution is -2.31. The third-order valence-electron chi connectivity index (χ3n) is 4.81. The third kappa shape index (κ3) is 5.93. The number of halogens is 4. The maximum atomic E-state index is 12.8. The SMILES string of the molecule is COC(=O)C(Cc1ccc(OC(F)(F)F)cc1)n1ccc(-c2cc(Cl)ccc2[N+](=O)[O-])cc1=O. The molecule has 1 aromatic heterocycles. The smallest absolute Gasteiger partial charge is 0.467 e. The van der Waals surface area contributed by atoms with Crippen LogP contribution in [-0.2, 0) is 16.0 Å². The maximum absolute atomic E-state index is 12.8. The number of nitrogens with zero attached hydrogens (tertiary/aromatic N) is 2. The average molecular weight is 497 g/mol. The van der Waals surface area contributed by atoms with Gasteiger partial charge >= 0.3 is 12.3 Å². The van der Waals surface area contributed by atoms with Crippen molar-refractivity contribution < 1.29 is 32.4 Å². The Morgan fingerprint density at radius 2 is 1.82 bits per heavy atom. The number of aromatic nitrogens is 1. The standard InChI is InChI=1S/C22H16ClF3N2O6/c1-33-21(30)19(10-13-2-5-16(6-3-13)34-22(24,25)26)27-9-8-14(11-20(27)29)17-12-15(23)4-7-18(17)28(31)32/h2-9,11-12,19H,10H2,1H3. The lowest BCUT2D eigenvalue weighted by atomic mass is 10.0. The fraction of sp³-hybridized carbons (Fsp3) is 0.182. The van der Waals surface area contributed by atoms with Gasteiger partial charge in [0.15, 0.2) is 0 Å². The highest BCUT2D eigenvalue weighted by Gasteiger charge is 2.31. The Labute approximate surface area is 195 Å². The number of pyridine rings is 1. The van der Waals surface area contributed by atoms with Crippen LogP contribution in [-0.4, -0.2) is 28.9 Å². The Morgan fingerprint density at radius 3 is 2.38 bits per heavy atom. The Kier molecular flexibility index (Phi) is 7.26. The van der Waals surface area contributed by atoms with Gasteiger partial charge in [0.1, 0.15) is 11.8 Å². The predicted molar refractivity (Wildman–Crippen MR) is 116 cm³/mol. The van der Waals surface area contributed by atoms with Gasteiger partial charge in [-0.15, -0.1) is 13.2 Å². The summed E-state index contributed by atoms with van der Waals surface area (Å²) in [5.74, 6) is -1.20. The van der Waals surface area contributed by atoms with E-state index < -0.39 is 34.6 Å². The van der Waals surface area contributed by atoms with Gasteiger partial charge in [0, 0.05) is 29.8 Å². The van der Waals surface area contributed by atoms with Crippen molar-refractivity contribution >= 4 is 23.3 Å². The van der Waals surface area contributed by atoms with Crippen LogP contribution in [0.1, 0.15) is 11.6 Å². The summed E-state index contributed by atoms with van der Waals surface area (Å²) in [6.07, 6.45) is -3.64. The van der Waals surface area contributed by atoms with Crippen molar-refractivity contribution in [3.05, 3.63) is 91.8 Å². The number of methoxy groups -OCH3 is 1. The average Bonchev–Trinajstić information content (AvgIpc) is 2.77. The molecular weight excluding hydrogens is 481 g/mol. The van der Waals surface area contributed by atoms with Crippen molar-refractivity contribution in [2.75, 3.05) is 7.11 Å². The monoisotopic (exact) mass is 496 g/mol. The first-order valence-electron chi connectivity index (χ1n) is 9.57. The van der Waals surface area contributed by atoms with Crippen molar-refractivity contribution in [1.29, 1.82) is 0 Å². The number of nitro benzene ring substituents is 1. The molecule has 1 atom stereocenters. The van der Waals surface area contributed by atoms with Crippen LogP contribution in [0.5, 0.6) is 5.75 Å². The molecule has 0 saturated heterocycles. The summed E-state index contributed by atoms with van der Waals surface area (Å²) >= 11 is 5.95. The molecule has 0 saturated carbocycles. The third-order valence-corrected chi connectivity index (χ3v) is 5.04. The van der Waals surface area contributed by atoms with E-state index in [2.05, 4.69) is 4.74 Å². The molecule has 3 aromatic rings. The molecule has 12 heteroatoms. The highest BCUT2D eigenvalue weighted by atomic mass is 35.5. The maximum Gasteiger partial charge on any atom is 0.573 e. The van der Waals surface area contributed by atoms with Crippen LogP contribution in [0.2, 0.25) is 5.02 Å². The summed E-state index contributed by atoms with van der Waals surface area (Å²) in [7, 11) is 1.13. The van der Waals surface area contributed by atoms with E-state index >= 15 is 0 Å². The second-order valence-corrected chi connectivity index (χ2v) is 7.45. The van der Waals surface area contributed by atoms with Crippen molar-refractivity contribution in [2.24, 2.45) is 0 Å². The van der Waals surface area contributed by atoms with Crippen molar-refractivity contribution in [3.63, 3.8) is 0 Å². The first-order valence-corrected chi connectivity index (χ1v) is 9.95. The number of hydrogen-bond acceptors (Lipinski definition) is 6. The molecule has 0 aliphatic carbocycles. The highest BCUT2D eigenvalue weighted by Crippen LogP contribution is 2.32. The molecule has 0 N–H and O–H groups in total. The van der Waals surface area contributed by atoms with E-state index in [0.717, 1.165) is 29.9 Å². The van der Waals surface area contributed by atoms with Crippen LogP contribution < -0.4 is 10.3 Å². The van der Waals surface area contributed by atoms with Gasteiger partial charge in [0.25, 0.3) is 11.2 Å². The topological polar surface area (TPSA) is 101 Å². The zero-order valence-electron chi connectivity index (χ0n) is 17.4. The van der Waals surface area contributed by atoms with Gasteiger partial charge < -0.3 is 14.0 Å². The number of hydrogen-bond donors (Lipinski definition) is 0. The normalized spacial score (nSPS) is 12.1. The Balaban J connectivity index is 1.94. The van der Waals surface area contributed by atoms with Gasteiger partial charge in [0.2, 0.25) is 0 Å². The second-order valence-electron chi connectivity index (χ2n) is 7.01. The van der Waals surface area contributed by atoms with Crippen LogP contribution in [0.4, 0.5) is 18.9 Å². The predicted octanol–water partition coefficient (Wildman–Crippen LogP) is 4.93. The number of benzene rings is 2. The number of carbonyl (C=O) groups excluding carboxylic acids is 1. The second kappa shape index (κ2) is 9.96. The minimum absolute atomic E-state index is 0.0739. The van der Waals surface area contributed by atoms with Gasteiger partial charge in [-0.25, -0.2) is 4.79 Å². The molecule has 1 heterocycles. The van der Waals surface area contributed by atoms with Gasteiger partial charge in [-0.2, -0.15) is 0 Å². The molecule has 1 unspecified atom stereocenters. The van der Waals surface area contributed by atoms with Crippen molar-refractivity contribution in [1.82, 2.24) is 4.57 Å². The van der Waals surface area contributed by atoms with E-state index in [4.69, 9.17) is 16.3 Å². The number of nitro groups is 1. The number of esters is 1. The van der Waals surface area contributed by atoms with E-state index in [1.807, 2.05) is 0 Å². The molecule has 8 nitrogen and oxygen atoms in total. The van der Waals surface area contributed by atoms with E-state index in [1.165, 1.54) is 42.6 Å². The number of carbonyl (C=O) groups is 1. The number of ether oxygens (including phenoxy) is 2. The van der Waals surface area contributed by atoms with Crippen LogP contribution in [0, 0.1) is 10.1 Å². The lowest BCUT2D eigenvalue weighted by Gasteiger charge is -2.18. The van der Waals surface area contributed by atoms with E-state index in [9.17, 15) is 32.9 Å². The van der Waals surface area contributed by atoms with E-state index in [0.29, 0.717) is 5.56 Å². The fourth-order valence-corrected chi connectivity index (χ4v) is 3.47. The van der Waals surface area contributed by atoms with Gasteiger partial charge in [0.05, 0.1) is 17.6 Å². The fourth-order valence-electron chi connectivity index (χ4n) is 3.30. The Bertz CT molecular complexity index is 1270. The molecule has 0 amide bonds. The van der Waals surface area contributed by atoms with Gasteiger partial charge in [-0.3, -0.25) is 14.9 Å². The summed E-state index contributed by atoms with van der Waals surface area (Å²) in [4.78, 5) is 36.0. The molecule has 0 aliphatic rings.